The number of nitrogens with zero attached hydrogens (tertiary/aromatic N) is 5. The Kier molecular flexibility index (Phi) is 3.58. The van der Waals surface area contributed by atoms with Crippen molar-refractivity contribution in [2.24, 2.45) is 0 Å². The average Bonchev–Trinajstić information content (AvgIpc) is 3.28. The van der Waals surface area contributed by atoms with E-state index in [-0.39, 0.29) is 23.5 Å². The van der Waals surface area contributed by atoms with Crippen molar-refractivity contribution < 1.29 is 9.45 Å². The maximum Gasteiger partial charge on any atom is 0.270 e. The van der Waals surface area contributed by atoms with Gasteiger partial charge in [0.05, 0.1) is 22.2 Å². The molecule has 1 aromatic carbocycles. The van der Waals surface area contributed by atoms with Gasteiger partial charge in [0.25, 0.3) is 11.2 Å². The van der Waals surface area contributed by atoms with Crippen LogP contribution in [0.4, 0.5) is 5.69 Å². The molecular weight excluding hydrogens is 346 g/mol. The molecule has 0 spiro atoms. The number of nitro groups is 1. The lowest BCUT2D eigenvalue weighted by Crippen LogP contribution is -2.21. The Morgan fingerprint density at radius 3 is 2.96 bits per heavy atom. The van der Waals surface area contributed by atoms with E-state index in [4.69, 9.17) is 4.52 Å². The van der Waals surface area contributed by atoms with Crippen LogP contribution in [0.25, 0.3) is 22.3 Å². The molecule has 3 heterocycles. The van der Waals surface area contributed by atoms with Gasteiger partial charge in [-0.2, -0.15) is 16.3 Å². The molecule has 0 bridgehead atoms. The average molecular weight is 355 g/mol. The van der Waals surface area contributed by atoms with Crippen LogP contribution in [0, 0.1) is 10.1 Å². The molecule has 0 atom stereocenters. The van der Waals surface area contributed by atoms with Gasteiger partial charge in [0.15, 0.2) is 0 Å². The molecule has 4 rings (SSSR count). The molecule has 0 aliphatic heterocycles. The van der Waals surface area contributed by atoms with Gasteiger partial charge >= 0.3 is 0 Å². The summed E-state index contributed by atoms with van der Waals surface area (Å²) in [6.07, 6.45) is 1.35. The Hall–Kier alpha value is -3.40. The Morgan fingerprint density at radius 1 is 1.32 bits per heavy atom. The molecule has 4 aromatic rings. The Balaban J connectivity index is 1.71. The van der Waals surface area contributed by atoms with E-state index >= 15 is 0 Å². The zero-order chi connectivity index (χ0) is 17.4. The van der Waals surface area contributed by atoms with Crippen LogP contribution in [0.1, 0.15) is 5.89 Å². The molecule has 0 saturated heterocycles. The third kappa shape index (κ3) is 2.78. The predicted octanol–water partition coefficient (Wildman–Crippen LogP) is 2.46. The van der Waals surface area contributed by atoms with E-state index in [1.54, 1.807) is 0 Å². The maximum atomic E-state index is 12.6. The van der Waals surface area contributed by atoms with Crippen LogP contribution in [-0.4, -0.2) is 24.6 Å². The highest BCUT2D eigenvalue weighted by molar-refractivity contribution is 7.08. The molecule has 0 saturated carbocycles. The summed E-state index contributed by atoms with van der Waals surface area (Å²) in [6.45, 7) is 0.0294. The van der Waals surface area contributed by atoms with Crippen molar-refractivity contribution in [2.45, 2.75) is 6.54 Å². The number of rotatable bonds is 4. The number of hydrogen-bond donors (Lipinski definition) is 0. The third-order valence-electron chi connectivity index (χ3n) is 3.57. The zero-order valence-corrected chi connectivity index (χ0v) is 13.3. The predicted molar refractivity (Wildman–Crippen MR) is 89.4 cm³/mol. The highest BCUT2D eigenvalue weighted by Crippen LogP contribution is 2.19. The van der Waals surface area contributed by atoms with Crippen molar-refractivity contribution in [3.05, 3.63) is 67.7 Å². The second-order valence-corrected chi connectivity index (χ2v) is 5.94. The zero-order valence-electron chi connectivity index (χ0n) is 12.5. The minimum atomic E-state index is -0.554. The fourth-order valence-electron chi connectivity index (χ4n) is 2.35. The van der Waals surface area contributed by atoms with Crippen molar-refractivity contribution >= 4 is 27.9 Å². The highest BCUT2D eigenvalue weighted by Gasteiger charge is 2.14. The second kappa shape index (κ2) is 5.91. The monoisotopic (exact) mass is 355 g/mol. The van der Waals surface area contributed by atoms with Gasteiger partial charge in [-0.3, -0.25) is 19.5 Å². The minimum Gasteiger partial charge on any atom is -0.337 e. The van der Waals surface area contributed by atoms with E-state index < -0.39 is 10.5 Å². The molecule has 0 radical (unpaired) electrons. The summed E-state index contributed by atoms with van der Waals surface area (Å²) in [7, 11) is 0. The summed E-state index contributed by atoms with van der Waals surface area (Å²) in [5.41, 5.74) is 0.640. The van der Waals surface area contributed by atoms with E-state index in [2.05, 4.69) is 15.1 Å². The van der Waals surface area contributed by atoms with E-state index in [1.807, 2.05) is 16.8 Å². The van der Waals surface area contributed by atoms with E-state index in [0.717, 1.165) is 5.56 Å². The summed E-state index contributed by atoms with van der Waals surface area (Å²) in [5.74, 6) is 0.684. The van der Waals surface area contributed by atoms with Crippen molar-refractivity contribution in [3.63, 3.8) is 0 Å². The summed E-state index contributed by atoms with van der Waals surface area (Å²) in [6, 6.07) is 5.83. The van der Waals surface area contributed by atoms with Gasteiger partial charge in [-0.1, -0.05) is 5.16 Å². The fraction of sp³-hybridized carbons (Fsp3) is 0.0667. The third-order valence-corrected chi connectivity index (χ3v) is 4.25. The molecule has 9 nitrogen and oxygen atoms in total. The van der Waals surface area contributed by atoms with Gasteiger partial charge in [-0.25, -0.2) is 4.98 Å². The van der Waals surface area contributed by atoms with Crippen molar-refractivity contribution in [2.75, 3.05) is 0 Å². The van der Waals surface area contributed by atoms with E-state index in [9.17, 15) is 14.9 Å². The first-order valence-electron chi connectivity index (χ1n) is 7.10. The molecule has 25 heavy (non-hydrogen) atoms. The molecule has 0 amide bonds. The number of aromatic nitrogens is 4. The fourth-order valence-corrected chi connectivity index (χ4v) is 2.98. The molecule has 0 aliphatic rings. The van der Waals surface area contributed by atoms with Crippen LogP contribution in [0.15, 0.2) is 50.7 Å². The normalized spacial score (nSPS) is 11.0. The second-order valence-electron chi connectivity index (χ2n) is 5.16. The number of thiophene rings is 1. The van der Waals surface area contributed by atoms with Gasteiger partial charge in [-0.15, -0.1) is 0 Å². The molecule has 0 unspecified atom stereocenters. The van der Waals surface area contributed by atoms with Gasteiger partial charge in [0.1, 0.15) is 6.54 Å². The lowest BCUT2D eigenvalue weighted by Gasteiger charge is -2.03. The number of hydrogen-bond acceptors (Lipinski definition) is 8. The SMILES string of the molecule is O=c1c2cc([N+](=O)[O-])ccc2ncn1Cc1nc(-c2ccsc2)no1. The summed E-state index contributed by atoms with van der Waals surface area (Å²) < 4.78 is 6.44. The molecule has 0 aliphatic carbocycles. The standard InChI is InChI=1S/C15H9N5O4S/c21-15-11-5-10(20(22)23)1-2-12(11)16-8-19(15)6-13-17-14(18-24-13)9-3-4-25-7-9/h1-5,7-8H,6H2. The van der Waals surface area contributed by atoms with Crippen LogP contribution < -0.4 is 5.56 Å². The van der Waals surface area contributed by atoms with Crippen molar-refractivity contribution in [1.82, 2.24) is 19.7 Å². The first-order valence-corrected chi connectivity index (χ1v) is 8.05. The summed E-state index contributed by atoms with van der Waals surface area (Å²) >= 11 is 1.51. The summed E-state index contributed by atoms with van der Waals surface area (Å²) in [4.78, 5) is 31.3. The smallest absolute Gasteiger partial charge is 0.270 e. The molecule has 3 aromatic heterocycles. The largest absolute Gasteiger partial charge is 0.337 e. The lowest BCUT2D eigenvalue weighted by molar-refractivity contribution is -0.384. The first kappa shape index (κ1) is 15.1. The van der Waals surface area contributed by atoms with Crippen molar-refractivity contribution in [3.8, 4) is 11.4 Å². The van der Waals surface area contributed by atoms with Gasteiger partial charge in [-0.05, 0) is 17.5 Å². The first-order chi connectivity index (χ1) is 12.1. The van der Waals surface area contributed by atoms with Crippen LogP contribution in [-0.2, 0) is 6.54 Å². The number of nitro benzene ring substituents is 1. The van der Waals surface area contributed by atoms with Gasteiger partial charge in [0, 0.05) is 23.1 Å². The van der Waals surface area contributed by atoms with E-state index in [1.165, 1.54) is 40.4 Å². The molecule has 124 valence electrons. The number of benzene rings is 1. The molecule has 0 fully saturated rings. The van der Waals surface area contributed by atoms with Crippen LogP contribution in [0.2, 0.25) is 0 Å². The Morgan fingerprint density at radius 2 is 2.20 bits per heavy atom. The minimum absolute atomic E-state index is 0.0294. The maximum absolute atomic E-state index is 12.6. The Bertz CT molecular complexity index is 1130. The highest BCUT2D eigenvalue weighted by atomic mass is 32.1. The topological polar surface area (TPSA) is 117 Å². The van der Waals surface area contributed by atoms with E-state index in [0.29, 0.717) is 11.3 Å². The van der Waals surface area contributed by atoms with Crippen molar-refractivity contribution in [1.29, 1.82) is 0 Å². The molecule has 0 N–H and O–H groups in total. The summed E-state index contributed by atoms with van der Waals surface area (Å²) in [5, 5.41) is 18.7. The number of fused-ring (bicyclic) bond motifs is 1. The van der Waals surface area contributed by atoms with Crippen LogP contribution in [0.3, 0.4) is 0 Å². The lowest BCUT2D eigenvalue weighted by atomic mass is 10.2. The number of non-ortho nitro benzene ring substituents is 1. The molecular formula is C15H9N5O4S. The Labute approximate surface area is 143 Å². The van der Waals surface area contributed by atoms with Gasteiger partial charge in [0.2, 0.25) is 11.7 Å². The quantitative estimate of drug-likeness (QED) is 0.407. The van der Waals surface area contributed by atoms with Crippen LogP contribution >= 0.6 is 11.3 Å². The van der Waals surface area contributed by atoms with Gasteiger partial charge < -0.3 is 4.52 Å². The van der Waals surface area contributed by atoms with Crippen LogP contribution in [0.5, 0.6) is 0 Å². The molecule has 10 heteroatoms.